The highest BCUT2D eigenvalue weighted by Crippen LogP contribution is 2.23. The molecule has 1 amide bonds. The van der Waals surface area contributed by atoms with Gasteiger partial charge < -0.3 is 10.2 Å². The van der Waals surface area contributed by atoms with Crippen molar-refractivity contribution in [2.24, 2.45) is 0 Å². The van der Waals surface area contributed by atoms with Crippen LogP contribution in [0.3, 0.4) is 0 Å². The van der Waals surface area contributed by atoms with Crippen molar-refractivity contribution in [3.05, 3.63) is 22.5 Å². The molecule has 2 heterocycles. The van der Waals surface area contributed by atoms with Crippen molar-refractivity contribution < 1.29 is 9.72 Å². The van der Waals surface area contributed by atoms with E-state index in [4.69, 9.17) is 0 Å². The minimum atomic E-state index is -0.941. The number of carbonyl (C=O) groups excluding carboxylic acids is 1. The van der Waals surface area contributed by atoms with E-state index in [0.717, 1.165) is 12.8 Å². The molecule has 1 fully saturated rings. The first-order valence-electron chi connectivity index (χ1n) is 7.02. The van der Waals surface area contributed by atoms with Crippen molar-refractivity contribution in [3.63, 3.8) is 0 Å². The summed E-state index contributed by atoms with van der Waals surface area (Å²) in [6.45, 7) is 4.83. The van der Waals surface area contributed by atoms with Gasteiger partial charge in [0, 0.05) is 19.1 Å². The molecular formula is C13H21N5O3. The number of nitro groups is 1. The highest BCUT2D eigenvalue weighted by molar-refractivity contribution is 5.83. The molecule has 1 aliphatic heterocycles. The minimum absolute atomic E-state index is 0.0690. The van der Waals surface area contributed by atoms with Crippen LogP contribution >= 0.6 is 0 Å². The third kappa shape index (κ3) is 3.05. The first-order chi connectivity index (χ1) is 9.86. The lowest BCUT2D eigenvalue weighted by atomic mass is 9.99. The molecular weight excluding hydrogens is 274 g/mol. The van der Waals surface area contributed by atoms with E-state index in [2.05, 4.69) is 10.4 Å². The van der Waals surface area contributed by atoms with Gasteiger partial charge in [0.05, 0.1) is 4.92 Å². The van der Waals surface area contributed by atoms with Gasteiger partial charge in [0.15, 0.2) is 0 Å². The van der Waals surface area contributed by atoms with Crippen LogP contribution in [-0.2, 0) is 10.3 Å². The number of carbonyl (C=O) groups is 1. The molecule has 1 N–H and O–H groups in total. The van der Waals surface area contributed by atoms with Crippen LogP contribution in [0.1, 0.15) is 26.7 Å². The molecule has 0 radical (unpaired) electrons. The van der Waals surface area contributed by atoms with Crippen LogP contribution in [0, 0.1) is 10.1 Å². The average Bonchev–Trinajstić information content (AvgIpc) is 2.97. The van der Waals surface area contributed by atoms with Gasteiger partial charge in [0.2, 0.25) is 5.91 Å². The molecule has 1 aromatic rings. The van der Waals surface area contributed by atoms with Gasteiger partial charge in [0.1, 0.15) is 17.9 Å². The van der Waals surface area contributed by atoms with Gasteiger partial charge in [0.25, 0.3) is 0 Å². The number of hydrogen-bond acceptors (Lipinski definition) is 5. The largest absolute Gasteiger partial charge is 0.339 e. The number of likely N-dealkylation sites (tertiary alicyclic amines) is 1. The number of nitrogens with zero attached hydrogens (tertiary/aromatic N) is 4. The van der Waals surface area contributed by atoms with Crippen molar-refractivity contribution in [2.75, 3.05) is 20.1 Å². The Labute approximate surface area is 123 Å². The lowest BCUT2D eigenvalue weighted by Gasteiger charge is -2.37. The molecule has 0 aromatic carbocycles. The van der Waals surface area contributed by atoms with Crippen molar-refractivity contribution in [3.8, 4) is 0 Å². The maximum Gasteiger partial charge on any atom is 0.307 e. The van der Waals surface area contributed by atoms with Crippen molar-refractivity contribution in [1.82, 2.24) is 20.0 Å². The number of likely N-dealkylation sites (N-methyl/N-ethyl adjacent to an activating group) is 1. The van der Waals surface area contributed by atoms with Gasteiger partial charge >= 0.3 is 5.69 Å². The molecule has 1 atom stereocenters. The molecule has 1 unspecified atom stereocenters. The van der Waals surface area contributed by atoms with Gasteiger partial charge in [-0.25, -0.2) is 0 Å². The van der Waals surface area contributed by atoms with Crippen LogP contribution < -0.4 is 5.32 Å². The molecule has 1 saturated heterocycles. The zero-order chi connectivity index (χ0) is 15.6. The Morgan fingerprint density at radius 1 is 1.57 bits per heavy atom. The molecule has 0 bridgehead atoms. The van der Waals surface area contributed by atoms with Gasteiger partial charge in [-0.05, 0) is 33.7 Å². The molecule has 0 spiro atoms. The summed E-state index contributed by atoms with van der Waals surface area (Å²) in [6.07, 6.45) is 4.47. The van der Waals surface area contributed by atoms with E-state index < -0.39 is 10.5 Å². The van der Waals surface area contributed by atoms with E-state index in [1.165, 1.54) is 17.1 Å². The quantitative estimate of drug-likeness (QED) is 0.653. The van der Waals surface area contributed by atoms with Crippen LogP contribution in [0.5, 0.6) is 0 Å². The van der Waals surface area contributed by atoms with Crippen LogP contribution in [0.2, 0.25) is 0 Å². The lowest BCUT2D eigenvalue weighted by molar-refractivity contribution is -0.385. The molecule has 1 aliphatic rings. The first-order valence-corrected chi connectivity index (χ1v) is 7.02. The van der Waals surface area contributed by atoms with Crippen molar-refractivity contribution in [2.45, 2.75) is 38.3 Å². The Morgan fingerprint density at radius 2 is 2.29 bits per heavy atom. The SMILES string of the molecule is CNC1CCCN(C(=O)C(C)(C)n2cc([N+](=O)[O-])cn2)C1. The molecule has 0 saturated carbocycles. The highest BCUT2D eigenvalue weighted by atomic mass is 16.6. The zero-order valence-electron chi connectivity index (χ0n) is 12.6. The van der Waals surface area contributed by atoms with E-state index >= 15 is 0 Å². The van der Waals surface area contributed by atoms with E-state index in [0.29, 0.717) is 19.1 Å². The third-order valence-electron chi connectivity index (χ3n) is 3.99. The van der Waals surface area contributed by atoms with Crippen molar-refractivity contribution in [1.29, 1.82) is 0 Å². The van der Waals surface area contributed by atoms with Crippen LogP contribution in [0.15, 0.2) is 12.4 Å². The Hall–Kier alpha value is -1.96. The molecule has 2 rings (SSSR count). The van der Waals surface area contributed by atoms with Gasteiger partial charge in [-0.2, -0.15) is 5.10 Å². The number of nitrogens with one attached hydrogen (secondary N) is 1. The monoisotopic (exact) mass is 295 g/mol. The zero-order valence-corrected chi connectivity index (χ0v) is 12.6. The molecule has 1 aromatic heterocycles. The number of hydrogen-bond donors (Lipinski definition) is 1. The fourth-order valence-corrected chi connectivity index (χ4v) is 2.60. The molecule has 8 nitrogen and oxygen atoms in total. The van der Waals surface area contributed by atoms with Gasteiger partial charge in [-0.3, -0.25) is 19.6 Å². The maximum absolute atomic E-state index is 12.7. The summed E-state index contributed by atoms with van der Waals surface area (Å²) in [5.74, 6) is -0.0690. The average molecular weight is 295 g/mol. The van der Waals surface area contributed by atoms with Gasteiger partial charge in [-0.15, -0.1) is 0 Å². The standard InChI is InChI=1S/C13H21N5O3/c1-13(2,17-9-11(7-15-17)18(20)21)12(19)16-6-4-5-10(8-16)14-3/h7,9-10,14H,4-6,8H2,1-3H3. The van der Waals surface area contributed by atoms with Crippen LogP contribution in [0.4, 0.5) is 5.69 Å². The molecule has 0 aliphatic carbocycles. The summed E-state index contributed by atoms with van der Waals surface area (Å²) in [5.41, 5.74) is -1.05. The summed E-state index contributed by atoms with van der Waals surface area (Å²) in [5, 5.41) is 17.9. The predicted octanol–water partition coefficient (Wildman–Crippen LogP) is 0.737. The van der Waals surface area contributed by atoms with E-state index in [9.17, 15) is 14.9 Å². The molecule has 116 valence electrons. The van der Waals surface area contributed by atoms with Crippen molar-refractivity contribution >= 4 is 11.6 Å². The van der Waals surface area contributed by atoms with E-state index in [1.807, 2.05) is 7.05 Å². The fourth-order valence-electron chi connectivity index (χ4n) is 2.60. The summed E-state index contributed by atoms with van der Waals surface area (Å²) in [4.78, 5) is 24.8. The summed E-state index contributed by atoms with van der Waals surface area (Å²) < 4.78 is 1.37. The second-order valence-corrected chi connectivity index (χ2v) is 5.84. The molecule has 21 heavy (non-hydrogen) atoms. The summed E-state index contributed by atoms with van der Waals surface area (Å²) in [7, 11) is 1.89. The number of piperidine rings is 1. The lowest BCUT2D eigenvalue weighted by Crippen LogP contribution is -2.53. The summed E-state index contributed by atoms with van der Waals surface area (Å²) in [6, 6.07) is 0.297. The topological polar surface area (TPSA) is 93.3 Å². The Morgan fingerprint density at radius 3 is 2.86 bits per heavy atom. The predicted molar refractivity (Wildman–Crippen MR) is 76.9 cm³/mol. The third-order valence-corrected chi connectivity index (χ3v) is 3.99. The number of aromatic nitrogens is 2. The fraction of sp³-hybridized carbons (Fsp3) is 0.692. The van der Waals surface area contributed by atoms with Crippen LogP contribution in [-0.4, -0.2) is 51.7 Å². The maximum atomic E-state index is 12.7. The second kappa shape index (κ2) is 5.80. The molecule has 8 heteroatoms. The smallest absolute Gasteiger partial charge is 0.307 e. The Kier molecular flexibility index (Phi) is 4.26. The number of amides is 1. The van der Waals surface area contributed by atoms with E-state index in [-0.39, 0.29) is 11.6 Å². The van der Waals surface area contributed by atoms with Gasteiger partial charge in [-0.1, -0.05) is 0 Å². The minimum Gasteiger partial charge on any atom is -0.339 e. The first kappa shape index (κ1) is 15.4. The Bertz CT molecular complexity index is 540. The number of rotatable bonds is 4. The van der Waals surface area contributed by atoms with Crippen LogP contribution in [0.25, 0.3) is 0 Å². The second-order valence-electron chi connectivity index (χ2n) is 5.84. The highest BCUT2D eigenvalue weighted by Gasteiger charge is 2.37. The Balaban J connectivity index is 2.17. The summed E-state index contributed by atoms with van der Waals surface area (Å²) >= 11 is 0. The normalized spacial score (nSPS) is 19.6. The van der Waals surface area contributed by atoms with E-state index in [1.54, 1.807) is 18.7 Å².